The van der Waals surface area contributed by atoms with E-state index in [4.69, 9.17) is 8.92 Å². The summed E-state index contributed by atoms with van der Waals surface area (Å²) >= 11 is 0. The minimum Gasteiger partial charge on any atom is -0.377 e. The van der Waals surface area contributed by atoms with E-state index in [0.717, 1.165) is 16.7 Å². The molecule has 2 unspecified atom stereocenters. The molecule has 3 rings (SSSR count). The number of hydrogen-bond acceptors (Lipinski definition) is 4. The van der Waals surface area contributed by atoms with Crippen LogP contribution in [-0.4, -0.2) is 27.7 Å². The number of hydrogen-bond donors (Lipinski definition) is 0. The van der Waals surface area contributed by atoms with E-state index < -0.39 is 15.7 Å². The van der Waals surface area contributed by atoms with E-state index >= 15 is 0 Å². The second-order valence-corrected chi connectivity index (χ2v) is 9.79. The Morgan fingerprint density at radius 2 is 1.86 bits per heavy atom. The Morgan fingerprint density at radius 1 is 1.17 bits per heavy atom. The summed E-state index contributed by atoms with van der Waals surface area (Å²) in [5, 5.41) is 0. The molecule has 29 heavy (non-hydrogen) atoms. The van der Waals surface area contributed by atoms with Gasteiger partial charge in [-0.15, -0.1) is 0 Å². The fourth-order valence-electron chi connectivity index (χ4n) is 4.55. The average Bonchev–Trinajstić information content (AvgIpc) is 2.67. The average molecular weight is 421 g/mol. The molecule has 1 aliphatic carbocycles. The minimum atomic E-state index is -3.82. The van der Waals surface area contributed by atoms with Gasteiger partial charge in [-0.3, -0.25) is 4.18 Å². The summed E-state index contributed by atoms with van der Waals surface area (Å²) in [5.41, 5.74) is 2.52. The predicted octanol–water partition coefficient (Wildman–Crippen LogP) is 5.00. The van der Waals surface area contributed by atoms with E-state index in [1.807, 2.05) is 13.0 Å². The summed E-state index contributed by atoms with van der Waals surface area (Å²) in [4.78, 5) is 0.152. The molecule has 2 atom stereocenters. The lowest BCUT2D eigenvalue weighted by molar-refractivity contribution is -0.0691. The summed E-state index contributed by atoms with van der Waals surface area (Å²) in [5.74, 6) is 0.0411. The third kappa shape index (κ3) is 4.55. The Morgan fingerprint density at radius 3 is 2.48 bits per heavy atom. The Kier molecular flexibility index (Phi) is 6.46. The van der Waals surface area contributed by atoms with Gasteiger partial charge in [0.2, 0.25) is 0 Å². The molecular weight excluding hydrogens is 391 g/mol. The Balaban J connectivity index is 1.80. The van der Waals surface area contributed by atoms with Gasteiger partial charge in [-0.05, 0) is 61.1 Å². The van der Waals surface area contributed by atoms with Crippen LogP contribution in [0.1, 0.15) is 49.3 Å². The van der Waals surface area contributed by atoms with E-state index in [1.165, 1.54) is 6.07 Å². The SMILES string of the molecule is COC1(CCOS(=O)(=O)c2ccc(C)cc2)CCc2cc(F)ccc2C1C(C)C. The van der Waals surface area contributed by atoms with E-state index in [2.05, 4.69) is 13.8 Å². The quantitative estimate of drug-likeness (QED) is 0.592. The van der Waals surface area contributed by atoms with Gasteiger partial charge in [-0.1, -0.05) is 37.6 Å². The molecule has 0 heterocycles. The molecule has 4 nitrogen and oxygen atoms in total. The van der Waals surface area contributed by atoms with Gasteiger partial charge in [0.1, 0.15) is 5.82 Å². The summed E-state index contributed by atoms with van der Waals surface area (Å²) in [6.45, 7) is 6.16. The molecule has 2 aromatic rings. The van der Waals surface area contributed by atoms with Gasteiger partial charge in [0.15, 0.2) is 0 Å². The third-order valence-electron chi connectivity index (χ3n) is 5.97. The molecule has 158 valence electrons. The molecule has 0 N–H and O–H groups in total. The number of rotatable bonds is 7. The second-order valence-electron chi connectivity index (χ2n) is 8.17. The largest absolute Gasteiger partial charge is 0.377 e. The van der Waals surface area contributed by atoms with Gasteiger partial charge in [0, 0.05) is 19.4 Å². The Hall–Kier alpha value is -1.76. The van der Waals surface area contributed by atoms with E-state index in [0.29, 0.717) is 19.3 Å². The van der Waals surface area contributed by atoms with Gasteiger partial charge < -0.3 is 4.74 Å². The maximum atomic E-state index is 13.7. The third-order valence-corrected chi connectivity index (χ3v) is 7.30. The molecule has 0 spiro atoms. The van der Waals surface area contributed by atoms with Crippen molar-refractivity contribution in [3.05, 3.63) is 65.0 Å². The highest BCUT2D eigenvalue weighted by molar-refractivity contribution is 7.86. The van der Waals surface area contributed by atoms with Crippen LogP contribution in [0.4, 0.5) is 4.39 Å². The highest BCUT2D eigenvalue weighted by Gasteiger charge is 2.45. The van der Waals surface area contributed by atoms with Crippen molar-refractivity contribution in [3.8, 4) is 0 Å². The topological polar surface area (TPSA) is 52.6 Å². The standard InChI is InChI=1S/C23H29FO4S/c1-16(2)22-21-10-7-19(24)15-18(21)11-12-23(22,27-4)13-14-28-29(25,26)20-8-5-17(3)6-9-20/h5-10,15-16,22H,11-14H2,1-4H3. The first-order valence-corrected chi connectivity index (χ1v) is 11.4. The van der Waals surface area contributed by atoms with Crippen LogP contribution in [0.15, 0.2) is 47.4 Å². The van der Waals surface area contributed by atoms with Crippen molar-refractivity contribution in [1.29, 1.82) is 0 Å². The molecule has 2 aromatic carbocycles. The molecule has 6 heteroatoms. The van der Waals surface area contributed by atoms with Crippen LogP contribution in [0, 0.1) is 18.7 Å². The van der Waals surface area contributed by atoms with Gasteiger partial charge in [-0.25, -0.2) is 4.39 Å². The molecule has 0 bridgehead atoms. The first-order valence-electron chi connectivity index (χ1n) is 9.98. The second kappa shape index (κ2) is 8.54. The lowest BCUT2D eigenvalue weighted by Crippen LogP contribution is -2.45. The molecule has 0 aromatic heterocycles. The number of fused-ring (bicyclic) bond motifs is 1. The summed E-state index contributed by atoms with van der Waals surface area (Å²) in [6, 6.07) is 11.5. The van der Waals surface area contributed by atoms with Crippen molar-refractivity contribution >= 4 is 10.1 Å². The van der Waals surface area contributed by atoms with Crippen molar-refractivity contribution in [1.82, 2.24) is 0 Å². The van der Waals surface area contributed by atoms with Gasteiger partial charge >= 0.3 is 0 Å². The lowest BCUT2D eigenvalue weighted by Gasteiger charge is -2.46. The fourth-order valence-corrected chi connectivity index (χ4v) is 5.46. The van der Waals surface area contributed by atoms with E-state index in [-0.39, 0.29) is 29.2 Å². The van der Waals surface area contributed by atoms with Crippen LogP contribution in [0.25, 0.3) is 0 Å². The Bertz CT molecular complexity index is 953. The van der Waals surface area contributed by atoms with Crippen molar-refractivity contribution in [2.45, 2.75) is 56.4 Å². The normalized spacial score (nSPS) is 21.9. The number of aryl methyl sites for hydroxylation is 2. The first kappa shape index (κ1) is 21.9. The number of methoxy groups -OCH3 is 1. The zero-order valence-corrected chi connectivity index (χ0v) is 18.3. The van der Waals surface area contributed by atoms with Gasteiger partial charge in [0.25, 0.3) is 10.1 Å². The maximum absolute atomic E-state index is 13.7. The van der Waals surface area contributed by atoms with Crippen molar-refractivity contribution in [3.63, 3.8) is 0 Å². The molecular formula is C23H29FO4S. The van der Waals surface area contributed by atoms with Crippen LogP contribution in [0.3, 0.4) is 0 Å². The summed E-state index contributed by atoms with van der Waals surface area (Å²) in [6.07, 6.45) is 1.82. The van der Waals surface area contributed by atoms with Crippen molar-refractivity contribution < 1.29 is 21.7 Å². The van der Waals surface area contributed by atoms with Crippen LogP contribution < -0.4 is 0 Å². The predicted molar refractivity (Wildman–Crippen MR) is 111 cm³/mol. The lowest BCUT2D eigenvalue weighted by atomic mass is 9.66. The monoisotopic (exact) mass is 420 g/mol. The van der Waals surface area contributed by atoms with Crippen molar-refractivity contribution in [2.75, 3.05) is 13.7 Å². The Labute approximate surface area is 173 Å². The van der Waals surface area contributed by atoms with Crippen LogP contribution >= 0.6 is 0 Å². The number of benzene rings is 2. The molecule has 1 aliphatic rings. The van der Waals surface area contributed by atoms with Gasteiger partial charge in [0.05, 0.1) is 17.1 Å². The highest BCUT2D eigenvalue weighted by Crippen LogP contribution is 2.47. The number of ether oxygens (including phenoxy) is 1. The van der Waals surface area contributed by atoms with Crippen molar-refractivity contribution in [2.24, 2.45) is 5.92 Å². The van der Waals surface area contributed by atoms with Crippen LogP contribution in [0.2, 0.25) is 0 Å². The molecule has 0 amide bonds. The molecule has 0 aliphatic heterocycles. The summed E-state index contributed by atoms with van der Waals surface area (Å²) in [7, 11) is -2.16. The summed E-state index contributed by atoms with van der Waals surface area (Å²) < 4.78 is 50.1. The van der Waals surface area contributed by atoms with E-state index in [1.54, 1.807) is 37.4 Å². The number of halogens is 1. The molecule has 0 fully saturated rings. The zero-order valence-electron chi connectivity index (χ0n) is 17.4. The molecule has 0 radical (unpaired) electrons. The van der Waals surface area contributed by atoms with Crippen LogP contribution in [0.5, 0.6) is 0 Å². The highest BCUT2D eigenvalue weighted by atomic mass is 32.2. The minimum absolute atomic E-state index is 0.0301. The van der Waals surface area contributed by atoms with Gasteiger partial charge in [-0.2, -0.15) is 8.42 Å². The fraction of sp³-hybridized carbons (Fsp3) is 0.478. The molecule has 0 saturated carbocycles. The molecule has 0 saturated heterocycles. The van der Waals surface area contributed by atoms with Crippen LogP contribution in [-0.2, 0) is 25.5 Å². The first-order chi connectivity index (χ1) is 13.7. The maximum Gasteiger partial charge on any atom is 0.296 e. The zero-order chi connectivity index (χ0) is 21.2. The van der Waals surface area contributed by atoms with E-state index in [9.17, 15) is 12.8 Å². The smallest absolute Gasteiger partial charge is 0.296 e.